The number of hydrogen-bond acceptors (Lipinski definition) is 6. The maximum Gasteiger partial charge on any atom is 0.296 e. The van der Waals surface area contributed by atoms with E-state index in [4.69, 9.17) is 13.9 Å². The Balaban J connectivity index is 1.48. The molecule has 1 saturated heterocycles. The number of aliphatic hydroxyl groups excluding tert-OH is 1. The number of rotatable bonds is 8. The Bertz CT molecular complexity index is 1490. The number of furan rings is 1. The molecule has 2 heterocycles. The zero-order valence-electron chi connectivity index (χ0n) is 21.1. The predicted molar refractivity (Wildman–Crippen MR) is 142 cm³/mol. The molecule has 3 aromatic carbocycles. The second-order valence-electron chi connectivity index (χ2n) is 9.02. The number of amides is 1. The number of aryl methyl sites for hydroxylation is 1. The van der Waals surface area contributed by atoms with Crippen LogP contribution in [0.5, 0.6) is 11.5 Å². The van der Waals surface area contributed by atoms with Gasteiger partial charge in [0.05, 0.1) is 31.5 Å². The lowest BCUT2D eigenvalue weighted by Gasteiger charge is -2.24. The van der Waals surface area contributed by atoms with E-state index in [1.807, 2.05) is 31.2 Å². The molecule has 1 aliphatic heterocycles. The Morgan fingerprint density at radius 2 is 1.74 bits per heavy atom. The van der Waals surface area contributed by atoms with E-state index in [1.165, 1.54) is 11.2 Å². The Hall–Kier alpha value is -4.78. The topological polar surface area (TPSA) is 89.2 Å². The fourth-order valence-electron chi connectivity index (χ4n) is 4.57. The molecule has 0 spiro atoms. The van der Waals surface area contributed by atoms with Crippen LogP contribution < -0.4 is 9.47 Å². The molecule has 1 aromatic heterocycles. The third kappa shape index (κ3) is 4.91. The summed E-state index contributed by atoms with van der Waals surface area (Å²) in [7, 11) is 1.54. The van der Waals surface area contributed by atoms with Crippen molar-refractivity contribution >= 4 is 17.4 Å². The van der Waals surface area contributed by atoms with Crippen molar-refractivity contribution in [3.8, 4) is 11.5 Å². The van der Waals surface area contributed by atoms with Gasteiger partial charge < -0.3 is 23.9 Å². The van der Waals surface area contributed by atoms with Gasteiger partial charge in [0.1, 0.15) is 29.6 Å². The van der Waals surface area contributed by atoms with E-state index in [1.54, 1.807) is 67.8 Å². The third-order valence-corrected chi connectivity index (χ3v) is 6.64. The number of methoxy groups -OCH3 is 1. The van der Waals surface area contributed by atoms with Crippen molar-refractivity contribution in [3.63, 3.8) is 0 Å². The molecule has 0 radical (unpaired) electrons. The van der Waals surface area contributed by atoms with E-state index in [0.29, 0.717) is 35.0 Å². The molecule has 5 rings (SSSR count). The molecule has 1 amide bonds. The number of carbonyl (C=O) groups is 2. The molecule has 0 bridgehead atoms. The first-order chi connectivity index (χ1) is 18.5. The third-order valence-electron chi connectivity index (χ3n) is 6.64. The van der Waals surface area contributed by atoms with Crippen molar-refractivity contribution in [3.05, 3.63) is 125 Å². The number of benzene rings is 3. The molecule has 7 heteroatoms. The first-order valence-electron chi connectivity index (χ1n) is 12.2. The van der Waals surface area contributed by atoms with Crippen LogP contribution in [0.4, 0.5) is 0 Å². The van der Waals surface area contributed by atoms with Crippen LogP contribution in [0.3, 0.4) is 0 Å². The molecule has 0 saturated carbocycles. The number of ketones is 1. The Labute approximate surface area is 220 Å². The highest BCUT2D eigenvalue weighted by molar-refractivity contribution is 6.46. The molecule has 7 nitrogen and oxygen atoms in total. The highest BCUT2D eigenvalue weighted by Crippen LogP contribution is 2.41. The van der Waals surface area contributed by atoms with Gasteiger partial charge in [-0.1, -0.05) is 36.4 Å². The Morgan fingerprint density at radius 3 is 2.45 bits per heavy atom. The number of nitrogens with zero attached hydrogens (tertiary/aromatic N) is 1. The van der Waals surface area contributed by atoms with E-state index in [2.05, 4.69) is 0 Å². The van der Waals surface area contributed by atoms with Crippen LogP contribution in [0.1, 0.15) is 34.1 Å². The zero-order chi connectivity index (χ0) is 26.6. The van der Waals surface area contributed by atoms with Gasteiger partial charge in [0.2, 0.25) is 0 Å². The summed E-state index contributed by atoms with van der Waals surface area (Å²) in [4.78, 5) is 27.8. The molecule has 1 unspecified atom stereocenters. The number of ether oxygens (including phenoxy) is 2. The summed E-state index contributed by atoms with van der Waals surface area (Å²) >= 11 is 0. The van der Waals surface area contributed by atoms with Crippen LogP contribution >= 0.6 is 0 Å². The van der Waals surface area contributed by atoms with Crippen LogP contribution in [-0.4, -0.2) is 28.8 Å². The molecule has 1 aliphatic rings. The fourth-order valence-corrected chi connectivity index (χ4v) is 4.57. The van der Waals surface area contributed by atoms with Gasteiger partial charge in [-0.05, 0) is 72.1 Å². The Kier molecular flexibility index (Phi) is 7.00. The number of hydrogen-bond donors (Lipinski definition) is 1. The second kappa shape index (κ2) is 10.7. The fraction of sp³-hybridized carbons (Fsp3) is 0.161. The minimum absolute atomic E-state index is 0.00314. The summed E-state index contributed by atoms with van der Waals surface area (Å²) in [6.45, 7) is 2.51. The lowest BCUT2D eigenvalue weighted by molar-refractivity contribution is -0.140. The van der Waals surface area contributed by atoms with Crippen molar-refractivity contribution in [2.24, 2.45) is 0 Å². The van der Waals surface area contributed by atoms with Crippen molar-refractivity contribution in [2.75, 3.05) is 7.11 Å². The van der Waals surface area contributed by atoms with Gasteiger partial charge in [0.25, 0.3) is 11.7 Å². The summed E-state index contributed by atoms with van der Waals surface area (Å²) in [5.74, 6) is -0.0251. The first-order valence-corrected chi connectivity index (χ1v) is 12.2. The summed E-state index contributed by atoms with van der Waals surface area (Å²) < 4.78 is 16.7. The molecule has 1 atom stereocenters. The summed E-state index contributed by atoms with van der Waals surface area (Å²) in [5.41, 5.74) is 3.25. The van der Waals surface area contributed by atoms with E-state index in [-0.39, 0.29) is 17.9 Å². The van der Waals surface area contributed by atoms with Crippen LogP contribution in [-0.2, 0) is 22.7 Å². The van der Waals surface area contributed by atoms with E-state index >= 15 is 0 Å². The van der Waals surface area contributed by atoms with Gasteiger partial charge in [0, 0.05) is 5.56 Å². The van der Waals surface area contributed by atoms with Gasteiger partial charge in [-0.3, -0.25) is 9.59 Å². The smallest absolute Gasteiger partial charge is 0.296 e. The SMILES string of the molecule is COc1cccc(C2C(=C(O)c3ccc(OCc4ccccc4C)cc3)C(=O)C(=O)N2Cc2ccco2)c1. The Morgan fingerprint density at radius 1 is 0.947 bits per heavy atom. The van der Waals surface area contributed by atoms with Crippen molar-refractivity contribution in [1.29, 1.82) is 0 Å². The molecule has 38 heavy (non-hydrogen) atoms. The number of aliphatic hydroxyl groups is 1. The van der Waals surface area contributed by atoms with Gasteiger partial charge in [-0.25, -0.2) is 0 Å². The molecular weight excluding hydrogens is 482 g/mol. The maximum absolute atomic E-state index is 13.3. The highest BCUT2D eigenvalue weighted by atomic mass is 16.5. The normalized spacial score (nSPS) is 16.6. The zero-order valence-corrected chi connectivity index (χ0v) is 21.1. The van der Waals surface area contributed by atoms with Crippen LogP contribution in [0.25, 0.3) is 5.76 Å². The molecular formula is C31H27NO6. The quantitative estimate of drug-likeness (QED) is 0.184. The summed E-state index contributed by atoms with van der Waals surface area (Å²) in [6.07, 6.45) is 1.51. The predicted octanol–water partition coefficient (Wildman–Crippen LogP) is 5.80. The standard InChI is InChI=1S/C31H27NO6/c1-20-7-3-4-8-23(20)19-38-24-14-12-21(13-15-24)29(33)27-28(22-9-5-10-25(17-22)36-2)32(31(35)30(27)34)18-26-11-6-16-37-26/h3-17,28,33H,18-19H2,1-2H3. The molecule has 192 valence electrons. The van der Waals surface area contributed by atoms with E-state index in [9.17, 15) is 14.7 Å². The summed E-state index contributed by atoms with van der Waals surface area (Å²) in [6, 6.07) is 24.5. The van der Waals surface area contributed by atoms with Gasteiger partial charge in [0.15, 0.2) is 0 Å². The minimum Gasteiger partial charge on any atom is -0.507 e. The number of carbonyl (C=O) groups excluding carboxylic acids is 2. The number of likely N-dealkylation sites (tertiary alicyclic amines) is 1. The maximum atomic E-state index is 13.3. The molecule has 1 fully saturated rings. The van der Waals surface area contributed by atoms with E-state index in [0.717, 1.165) is 11.1 Å². The monoisotopic (exact) mass is 509 g/mol. The van der Waals surface area contributed by atoms with E-state index < -0.39 is 17.7 Å². The van der Waals surface area contributed by atoms with Crippen molar-refractivity contribution < 1.29 is 28.6 Å². The second-order valence-corrected chi connectivity index (χ2v) is 9.02. The average Bonchev–Trinajstić information content (AvgIpc) is 3.55. The van der Waals surface area contributed by atoms with Gasteiger partial charge in [-0.2, -0.15) is 0 Å². The summed E-state index contributed by atoms with van der Waals surface area (Å²) in [5, 5.41) is 11.3. The van der Waals surface area contributed by atoms with Crippen LogP contribution in [0.2, 0.25) is 0 Å². The van der Waals surface area contributed by atoms with Crippen molar-refractivity contribution in [2.45, 2.75) is 26.1 Å². The lowest BCUT2D eigenvalue weighted by atomic mass is 9.95. The average molecular weight is 510 g/mol. The lowest BCUT2D eigenvalue weighted by Crippen LogP contribution is -2.29. The molecule has 4 aromatic rings. The van der Waals surface area contributed by atoms with Crippen molar-refractivity contribution in [1.82, 2.24) is 4.90 Å². The van der Waals surface area contributed by atoms with Gasteiger partial charge >= 0.3 is 0 Å². The largest absolute Gasteiger partial charge is 0.507 e. The molecule has 1 N–H and O–H groups in total. The first kappa shape index (κ1) is 24.9. The molecule has 0 aliphatic carbocycles. The van der Waals surface area contributed by atoms with Crippen LogP contribution in [0.15, 0.2) is 101 Å². The van der Waals surface area contributed by atoms with Crippen LogP contribution in [0, 0.1) is 6.92 Å². The number of Topliss-reactive ketones (excluding diaryl/α,β-unsaturated/α-hetero) is 1. The highest BCUT2D eigenvalue weighted by Gasteiger charge is 2.46. The van der Waals surface area contributed by atoms with Gasteiger partial charge in [-0.15, -0.1) is 0 Å². The minimum atomic E-state index is -0.827.